The van der Waals surface area contributed by atoms with Crippen LogP contribution in [0, 0.1) is 5.92 Å². The van der Waals surface area contributed by atoms with Gasteiger partial charge in [0.15, 0.2) is 5.96 Å². The van der Waals surface area contributed by atoms with Crippen molar-refractivity contribution in [3.05, 3.63) is 18.2 Å². The standard InChI is InChI=1S/C17H31N5O2.HI/c1-14(2)12-22-8-7-19-16(22)11-21-17(18-3)20-6-4-9-24-15-5-10-23-13-15;/h7-8,14-15H,4-6,9-13H2,1-3H3,(H2,18,20,21);1H. The predicted molar refractivity (Wildman–Crippen MR) is 110 cm³/mol. The van der Waals surface area contributed by atoms with Crippen molar-refractivity contribution < 1.29 is 9.47 Å². The molecule has 144 valence electrons. The molecule has 0 radical (unpaired) electrons. The van der Waals surface area contributed by atoms with Gasteiger partial charge >= 0.3 is 0 Å². The molecule has 1 aliphatic heterocycles. The van der Waals surface area contributed by atoms with Gasteiger partial charge < -0.3 is 24.7 Å². The number of nitrogens with zero attached hydrogens (tertiary/aromatic N) is 3. The zero-order valence-corrected chi connectivity index (χ0v) is 17.9. The highest BCUT2D eigenvalue weighted by Gasteiger charge is 2.15. The molecule has 0 aromatic carbocycles. The maximum absolute atomic E-state index is 5.75. The van der Waals surface area contributed by atoms with E-state index in [0.29, 0.717) is 12.5 Å². The molecule has 1 fully saturated rings. The Morgan fingerprint density at radius 1 is 1.48 bits per heavy atom. The van der Waals surface area contributed by atoms with E-state index in [4.69, 9.17) is 9.47 Å². The summed E-state index contributed by atoms with van der Waals surface area (Å²) in [6, 6.07) is 0. The molecular weight excluding hydrogens is 433 g/mol. The van der Waals surface area contributed by atoms with Crippen LogP contribution in [-0.4, -0.2) is 55.0 Å². The minimum Gasteiger partial charge on any atom is -0.379 e. The highest BCUT2D eigenvalue weighted by molar-refractivity contribution is 14.0. The van der Waals surface area contributed by atoms with Crippen molar-refractivity contribution in [2.24, 2.45) is 10.9 Å². The summed E-state index contributed by atoms with van der Waals surface area (Å²) in [6.07, 6.45) is 6.11. The van der Waals surface area contributed by atoms with Crippen molar-refractivity contribution in [2.75, 3.05) is 33.4 Å². The lowest BCUT2D eigenvalue weighted by molar-refractivity contribution is 0.0420. The molecule has 2 rings (SSSR count). The van der Waals surface area contributed by atoms with Crippen LogP contribution in [0.1, 0.15) is 32.5 Å². The monoisotopic (exact) mass is 465 g/mol. The Bertz CT molecular complexity index is 501. The number of hydrogen-bond acceptors (Lipinski definition) is 4. The quantitative estimate of drug-likeness (QED) is 0.253. The van der Waals surface area contributed by atoms with E-state index in [1.165, 1.54) is 0 Å². The van der Waals surface area contributed by atoms with Gasteiger partial charge in [0.05, 0.1) is 19.3 Å². The summed E-state index contributed by atoms with van der Waals surface area (Å²) in [7, 11) is 1.78. The summed E-state index contributed by atoms with van der Waals surface area (Å²) >= 11 is 0. The number of imidazole rings is 1. The first-order chi connectivity index (χ1) is 11.7. The molecule has 1 aromatic rings. The second kappa shape index (κ2) is 12.5. The van der Waals surface area contributed by atoms with Crippen molar-refractivity contribution >= 4 is 29.9 Å². The molecule has 0 spiro atoms. The van der Waals surface area contributed by atoms with E-state index in [9.17, 15) is 0 Å². The predicted octanol–water partition coefficient (Wildman–Crippen LogP) is 2.02. The van der Waals surface area contributed by atoms with Crippen molar-refractivity contribution in [2.45, 2.75) is 45.9 Å². The SMILES string of the molecule is CN=C(NCCCOC1CCOC1)NCc1nccn1CC(C)C.I. The Kier molecular flexibility index (Phi) is 11.1. The van der Waals surface area contributed by atoms with Crippen molar-refractivity contribution in [1.29, 1.82) is 0 Å². The summed E-state index contributed by atoms with van der Waals surface area (Å²) in [5.41, 5.74) is 0. The molecule has 2 heterocycles. The van der Waals surface area contributed by atoms with Crippen LogP contribution in [0.4, 0.5) is 0 Å². The third-order valence-corrected chi connectivity index (χ3v) is 3.86. The molecule has 1 unspecified atom stereocenters. The average Bonchev–Trinajstić information content (AvgIpc) is 3.21. The summed E-state index contributed by atoms with van der Waals surface area (Å²) in [4.78, 5) is 8.66. The van der Waals surface area contributed by atoms with Gasteiger partial charge in [0.1, 0.15) is 5.82 Å². The third-order valence-electron chi connectivity index (χ3n) is 3.86. The van der Waals surface area contributed by atoms with E-state index >= 15 is 0 Å². The summed E-state index contributed by atoms with van der Waals surface area (Å²) in [6.45, 7) is 9.19. The smallest absolute Gasteiger partial charge is 0.191 e. The van der Waals surface area contributed by atoms with Crippen LogP contribution in [0.25, 0.3) is 0 Å². The van der Waals surface area contributed by atoms with Crippen LogP contribution >= 0.6 is 24.0 Å². The summed E-state index contributed by atoms with van der Waals surface area (Å²) in [5.74, 6) is 2.41. The Morgan fingerprint density at radius 2 is 2.32 bits per heavy atom. The second-order valence-corrected chi connectivity index (χ2v) is 6.45. The third kappa shape index (κ3) is 8.37. The van der Waals surface area contributed by atoms with E-state index in [1.54, 1.807) is 7.05 Å². The van der Waals surface area contributed by atoms with Gasteiger partial charge in [-0.2, -0.15) is 0 Å². The Labute approximate surface area is 168 Å². The number of guanidine groups is 1. The van der Waals surface area contributed by atoms with Gasteiger partial charge in [-0.05, 0) is 18.8 Å². The molecule has 1 atom stereocenters. The van der Waals surface area contributed by atoms with Crippen LogP contribution in [0.2, 0.25) is 0 Å². The second-order valence-electron chi connectivity index (χ2n) is 6.45. The zero-order chi connectivity index (χ0) is 17.2. The number of nitrogens with one attached hydrogen (secondary N) is 2. The molecular formula is C17H32IN5O2. The van der Waals surface area contributed by atoms with Gasteiger partial charge in [0.25, 0.3) is 0 Å². The minimum absolute atomic E-state index is 0. The van der Waals surface area contributed by atoms with Gasteiger partial charge in [-0.15, -0.1) is 24.0 Å². The van der Waals surface area contributed by atoms with E-state index in [-0.39, 0.29) is 30.1 Å². The number of aromatic nitrogens is 2. The van der Waals surface area contributed by atoms with Crippen LogP contribution in [0.3, 0.4) is 0 Å². The van der Waals surface area contributed by atoms with Crippen LogP contribution in [-0.2, 0) is 22.6 Å². The van der Waals surface area contributed by atoms with Crippen molar-refractivity contribution in [3.8, 4) is 0 Å². The van der Waals surface area contributed by atoms with E-state index in [1.807, 2.05) is 12.4 Å². The highest BCUT2D eigenvalue weighted by Crippen LogP contribution is 2.08. The molecule has 1 aliphatic rings. The van der Waals surface area contributed by atoms with Gasteiger partial charge in [0.2, 0.25) is 0 Å². The molecule has 25 heavy (non-hydrogen) atoms. The lowest BCUT2D eigenvalue weighted by Crippen LogP contribution is -2.38. The first-order valence-electron chi connectivity index (χ1n) is 8.83. The average molecular weight is 465 g/mol. The van der Waals surface area contributed by atoms with Crippen LogP contribution in [0.15, 0.2) is 17.4 Å². The zero-order valence-electron chi connectivity index (χ0n) is 15.5. The molecule has 2 N–H and O–H groups in total. The summed E-state index contributed by atoms with van der Waals surface area (Å²) in [5, 5.41) is 6.62. The Hall–Kier alpha value is -0.870. The molecule has 7 nitrogen and oxygen atoms in total. The summed E-state index contributed by atoms with van der Waals surface area (Å²) < 4.78 is 13.2. The van der Waals surface area contributed by atoms with E-state index in [2.05, 4.69) is 39.0 Å². The first-order valence-corrected chi connectivity index (χ1v) is 8.83. The van der Waals surface area contributed by atoms with Crippen molar-refractivity contribution in [3.63, 3.8) is 0 Å². The van der Waals surface area contributed by atoms with Gasteiger partial charge in [-0.1, -0.05) is 13.8 Å². The normalized spacial score (nSPS) is 17.6. The minimum atomic E-state index is 0. The molecule has 8 heteroatoms. The number of halogens is 1. The van der Waals surface area contributed by atoms with Crippen molar-refractivity contribution in [1.82, 2.24) is 20.2 Å². The molecule has 1 aromatic heterocycles. The molecule has 0 amide bonds. The Morgan fingerprint density at radius 3 is 3.00 bits per heavy atom. The molecule has 0 saturated carbocycles. The fraction of sp³-hybridized carbons (Fsp3) is 0.765. The molecule has 1 saturated heterocycles. The maximum atomic E-state index is 5.75. The lowest BCUT2D eigenvalue weighted by Gasteiger charge is -2.14. The fourth-order valence-corrected chi connectivity index (χ4v) is 2.62. The number of hydrogen-bond donors (Lipinski definition) is 2. The largest absolute Gasteiger partial charge is 0.379 e. The molecule has 0 bridgehead atoms. The number of rotatable bonds is 9. The van der Waals surface area contributed by atoms with Crippen LogP contribution < -0.4 is 10.6 Å². The lowest BCUT2D eigenvalue weighted by atomic mass is 10.2. The first kappa shape index (κ1) is 22.2. The fourth-order valence-electron chi connectivity index (χ4n) is 2.62. The number of ether oxygens (including phenoxy) is 2. The van der Waals surface area contributed by atoms with Gasteiger partial charge in [-0.25, -0.2) is 4.98 Å². The Balaban J connectivity index is 0.00000312. The van der Waals surface area contributed by atoms with Gasteiger partial charge in [0, 0.05) is 45.7 Å². The number of aliphatic imine (C=N–C) groups is 1. The highest BCUT2D eigenvalue weighted by atomic mass is 127. The van der Waals surface area contributed by atoms with E-state index in [0.717, 1.165) is 57.5 Å². The van der Waals surface area contributed by atoms with Crippen LogP contribution in [0.5, 0.6) is 0 Å². The maximum Gasteiger partial charge on any atom is 0.191 e. The molecule has 0 aliphatic carbocycles. The topological polar surface area (TPSA) is 72.7 Å². The van der Waals surface area contributed by atoms with Gasteiger partial charge in [-0.3, -0.25) is 4.99 Å². The van der Waals surface area contributed by atoms with E-state index < -0.39 is 0 Å².